The average molecular weight is 860 g/mol. The number of ether oxygens (including phenoxy) is 1. The van der Waals surface area contributed by atoms with Crippen molar-refractivity contribution in [1.29, 1.82) is 0 Å². The lowest BCUT2D eigenvalue weighted by atomic mass is 10.0. The summed E-state index contributed by atoms with van der Waals surface area (Å²) in [6.45, 7) is 6.20. The molecule has 0 aromatic rings. The number of esters is 1. The number of carbonyl (C=O) groups is 2. The van der Waals surface area contributed by atoms with Crippen molar-refractivity contribution in [3.05, 3.63) is 109 Å². The highest BCUT2D eigenvalue weighted by atomic mass is 16.5. The summed E-state index contributed by atoms with van der Waals surface area (Å²) in [5, 5.41) is 23.7. The first-order valence-corrected chi connectivity index (χ1v) is 25.1. The number of hydrogen-bond donors (Lipinski definition) is 3. The van der Waals surface area contributed by atoms with Crippen molar-refractivity contribution < 1.29 is 24.5 Å². The van der Waals surface area contributed by atoms with Gasteiger partial charge in [-0.2, -0.15) is 0 Å². The number of hydrogen-bond acceptors (Lipinski definition) is 5. The Morgan fingerprint density at radius 2 is 0.903 bits per heavy atom. The highest BCUT2D eigenvalue weighted by Crippen LogP contribution is 2.15. The molecular weight excluding hydrogens is 767 g/mol. The van der Waals surface area contributed by atoms with Gasteiger partial charge in [0.2, 0.25) is 5.91 Å². The van der Waals surface area contributed by atoms with Crippen LogP contribution >= 0.6 is 0 Å². The van der Waals surface area contributed by atoms with Gasteiger partial charge in [0.15, 0.2) is 0 Å². The van der Waals surface area contributed by atoms with Crippen LogP contribution in [0.5, 0.6) is 0 Å². The zero-order valence-electron chi connectivity index (χ0n) is 40.0. The van der Waals surface area contributed by atoms with Crippen molar-refractivity contribution in [2.24, 2.45) is 0 Å². The number of carbonyl (C=O) groups excluding carboxylic acids is 2. The van der Waals surface area contributed by atoms with Crippen molar-refractivity contribution in [2.75, 3.05) is 6.61 Å². The molecule has 0 aliphatic carbocycles. The number of allylic oxidation sites excluding steroid dienone is 17. The second kappa shape index (κ2) is 48.6. The molecule has 0 aromatic carbocycles. The predicted molar refractivity (Wildman–Crippen MR) is 268 cm³/mol. The van der Waals surface area contributed by atoms with Gasteiger partial charge >= 0.3 is 5.97 Å². The van der Waals surface area contributed by atoms with E-state index in [1.54, 1.807) is 6.08 Å². The van der Waals surface area contributed by atoms with Crippen molar-refractivity contribution in [3.8, 4) is 0 Å². The second-order valence-electron chi connectivity index (χ2n) is 16.5. The Bertz CT molecular complexity index is 1280. The molecule has 62 heavy (non-hydrogen) atoms. The van der Waals surface area contributed by atoms with Gasteiger partial charge in [0.25, 0.3) is 0 Å². The van der Waals surface area contributed by atoms with Crippen LogP contribution in [0.1, 0.15) is 207 Å². The third-order valence-electron chi connectivity index (χ3n) is 10.6. The van der Waals surface area contributed by atoms with Crippen LogP contribution in [0.25, 0.3) is 0 Å². The average Bonchev–Trinajstić information content (AvgIpc) is 3.26. The predicted octanol–water partition coefficient (Wildman–Crippen LogP) is 15.1. The Labute approximate surface area is 381 Å². The highest BCUT2D eigenvalue weighted by molar-refractivity contribution is 5.78. The first kappa shape index (κ1) is 58.5. The summed E-state index contributed by atoms with van der Waals surface area (Å²) >= 11 is 0. The van der Waals surface area contributed by atoms with E-state index in [0.717, 1.165) is 96.3 Å². The molecule has 0 saturated carbocycles. The zero-order chi connectivity index (χ0) is 45.2. The topological polar surface area (TPSA) is 95.9 Å². The first-order valence-electron chi connectivity index (χ1n) is 25.1. The number of aliphatic hydroxyl groups excluding tert-OH is 2. The highest BCUT2D eigenvalue weighted by Gasteiger charge is 2.23. The van der Waals surface area contributed by atoms with E-state index in [1.165, 1.54) is 64.2 Å². The molecule has 1 amide bonds. The largest absolute Gasteiger partial charge is 0.458 e. The first-order chi connectivity index (χ1) is 30.5. The summed E-state index contributed by atoms with van der Waals surface area (Å²) in [5.41, 5.74) is 0. The molecule has 0 spiro atoms. The molecule has 0 aliphatic heterocycles. The summed E-state index contributed by atoms with van der Waals surface area (Å²) in [4.78, 5) is 26.1. The zero-order valence-corrected chi connectivity index (χ0v) is 40.0. The minimum atomic E-state index is -0.831. The molecule has 0 rings (SSSR count). The Morgan fingerprint density at radius 3 is 1.35 bits per heavy atom. The van der Waals surface area contributed by atoms with Crippen LogP contribution in [0, 0.1) is 0 Å². The van der Waals surface area contributed by atoms with Gasteiger partial charge in [0.05, 0.1) is 25.2 Å². The van der Waals surface area contributed by atoms with Crippen molar-refractivity contribution in [1.82, 2.24) is 5.32 Å². The molecule has 3 N–H and O–H groups in total. The van der Waals surface area contributed by atoms with Gasteiger partial charge in [-0.25, -0.2) is 0 Å². The van der Waals surface area contributed by atoms with Crippen LogP contribution < -0.4 is 5.32 Å². The fraction of sp³-hybridized carbons (Fsp3) is 0.643. The van der Waals surface area contributed by atoms with Gasteiger partial charge in [-0.1, -0.05) is 214 Å². The molecule has 0 aliphatic rings. The second-order valence-corrected chi connectivity index (χ2v) is 16.5. The molecule has 3 unspecified atom stereocenters. The van der Waals surface area contributed by atoms with Crippen molar-refractivity contribution in [2.45, 2.75) is 225 Å². The lowest BCUT2D eigenvalue weighted by Crippen LogP contribution is -2.46. The summed E-state index contributed by atoms with van der Waals surface area (Å²) in [6, 6.07) is -0.755. The molecule has 6 nitrogen and oxygen atoms in total. The van der Waals surface area contributed by atoms with Crippen molar-refractivity contribution >= 4 is 11.9 Å². The third-order valence-corrected chi connectivity index (χ3v) is 10.6. The van der Waals surface area contributed by atoms with Crippen LogP contribution in [0.3, 0.4) is 0 Å². The van der Waals surface area contributed by atoms with E-state index in [9.17, 15) is 19.8 Å². The molecule has 0 saturated heterocycles. The van der Waals surface area contributed by atoms with E-state index in [1.807, 2.05) is 6.08 Å². The Morgan fingerprint density at radius 1 is 0.500 bits per heavy atom. The number of nitrogens with one attached hydrogen (secondary N) is 1. The maximum Gasteiger partial charge on any atom is 0.306 e. The van der Waals surface area contributed by atoms with Gasteiger partial charge in [-0.15, -0.1) is 0 Å². The smallest absolute Gasteiger partial charge is 0.306 e. The summed E-state index contributed by atoms with van der Waals surface area (Å²) in [5.74, 6) is -0.675. The van der Waals surface area contributed by atoms with Gasteiger partial charge in [-0.3, -0.25) is 9.59 Å². The van der Waals surface area contributed by atoms with E-state index in [4.69, 9.17) is 4.74 Å². The SMILES string of the molecule is CC/C=C/C/C=C/C/C=C/C/C=C/C/C=C/C(CC(=O)NC(CO)C(O)CCCCCCCCCCCCCCC)OC(=O)CCCCC/C=C/C/C=C/C/C=C/C/C=C/CC. The maximum atomic E-state index is 13.2. The minimum Gasteiger partial charge on any atom is -0.458 e. The molecule has 0 bridgehead atoms. The molecule has 0 aromatic heterocycles. The van der Waals surface area contributed by atoms with Gasteiger partial charge in [-0.05, 0) is 89.5 Å². The van der Waals surface area contributed by atoms with Gasteiger partial charge in [0, 0.05) is 6.42 Å². The molecule has 0 radical (unpaired) electrons. The monoisotopic (exact) mass is 860 g/mol. The van der Waals surface area contributed by atoms with Crippen LogP contribution in [0.4, 0.5) is 0 Å². The lowest BCUT2D eigenvalue weighted by molar-refractivity contribution is -0.148. The molecular formula is C56H93NO5. The fourth-order valence-electron chi connectivity index (χ4n) is 6.85. The molecule has 3 atom stereocenters. The van der Waals surface area contributed by atoms with E-state index in [-0.39, 0.29) is 24.9 Å². The molecule has 0 fully saturated rings. The Hall–Kier alpha value is -3.48. The van der Waals surface area contributed by atoms with E-state index < -0.39 is 18.2 Å². The summed E-state index contributed by atoms with van der Waals surface area (Å²) < 4.78 is 5.80. The summed E-state index contributed by atoms with van der Waals surface area (Å²) in [6.07, 6.45) is 66.0. The van der Waals surface area contributed by atoms with Crippen molar-refractivity contribution in [3.63, 3.8) is 0 Å². The van der Waals surface area contributed by atoms with Crippen LogP contribution in [0.15, 0.2) is 109 Å². The maximum absolute atomic E-state index is 13.2. The number of amides is 1. The van der Waals surface area contributed by atoms with E-state index in [2.05, 4.69) is 123 Å². The Kier molecular flexibility index (Phi) is 45.8. The normalized spacial score (nSPS) is 14.2. The van der Waals surface area contributed by atoms with Gasteiger partial charge < -0.3 is 20.3 Å². The number of unbranched alkanes of at least 4 members (excludes halogenated alkanes) is 15. The molecule has 6 heteroatoms. The fourth-order valence-corrected chi connectivity index (χ4v) is 6.85. The van der Waals surface area contributed by atoms with E-state index in [0.29, 0.717) is 19.3 Å². The van der Waals surface area contributed by atoms with E-state index >= 15 is 0 Å². The van der Waals surface area contributed by atoms with Crippen LogP contribution in [-0.2, 0) is 14.3 Å². The van der Waals surface area contributed by atoms with Crippen LogP contribution in [-0.4, -0.2) is 46.9 Å². The lowest BCUT2D eigenvalue weighted by Gasteiger charge is -2.23. The Balaban J connectivity index is 4.81. The molecule has 0 heterocycles. The minimum absolute atomic E-state index is 0.0652. The van der Waals surface area contributed by atoms with Crippen LogP contribution in [0.2, 0.25) is 0 Å². The molecule has 352 valence electrons. The third kappa shape index (κ3) is 43.2. The number of rotatable bonds is 43. The summed E-state index contributed by atoms with van der Waals surface area (Å²) in [7, 11) is 0. The number of aliphatic hydroxyl groups is 2. The standard InChI is InChI=1S/C56H93NO5/c1-4-7-10-13-16-19-22-25-27-28-31-34-37-40-43-46-49-56(61)62-52(47-44-41-38-35-32-30-26-23-20-17-14-11-8-5-2)50-55(60)57-53(51-58)54(59)48-45-42-39-36-33-29-24-21-18-15-12-9-6-3/h7-8,10-11,16-17,19-20,25-27,30-31,34-35,38,44,47,52-54,58-59H,4-6,9,12-15,18,21-24,28-29,32-33,36-37,39-43,45-46,48-51H2,1-3H3,(H,57,60)/b10-7+,11-8+,19-16+,20-17+,27-25+,30-26+,34-31+,38-35+,47-44+. The van der Waals surface area contributed by atoms with Gasteiger partial charge in [0.1, 0.15) is 6.10 Å². The quantitative estimate of drug-likeness (QED) is 0.0322.